The summed E-state index contributed by atoms with van der Waals surface area (Å²) in [6, 6.07) is 1.51. The summed E-state index contributed by atoms with van der Waals surface area (Å²) in [7, 11) is 1.60. The van der Waals surface area contributed by atoms with Crippen LogP contribution in [0.25, 0.3) is 0 Å². The predicted octanol–water partition coefficient (Wildman–Crippen LogP) is -1.08. The van der Waals surface area contributed by atoms with Crippen molar-refractivity contribution in [1.29, 1.82) is 5.26 Å². The first-order valence-corrected chi connectivity index (χ1v) is 3.61. The minimum absolute atomic E-state index is 0.238. The van der Waals surface area contributed by atoms with Crippen molar-refractivity contribution in [2.45, 2.75) is 12.2 Å². The molecule has 0 spiro atoms. The van der Waals surface area contributed by atoms with Gasteiger partial charge in [-0.3, -0.25) is 4.68 Å². The van der Waals surface area contributed by atoms with Gasteiger partial charge in [-0.05, 0) is 0 Å². The minimum Gasteiger partial charge on any atom is -0.384 e. The second kappa shape index (κ2) is 3.43. The SMILES string of the molecule is Cn1ncc(C(O)C(O)C#N)c1N. The van der Waals surface area contributed by atoms with Crippen molar-refractivity contribution in [3.8, 4) is 6.07 Å². The third-order valence-corrected chi connectivity index (χ3v) is 1.76. The lowest BCUT2D eigenvalue weighted by Gasteiger charge is -2.10. The molecule has 1 heterocycles. The fourth-order valence-corrected chi connectivity index (χ4v) is 0.933. The Bertz CT molecular complexity index is 341. The van der Waals surface area contributed by atoms with Gasteiger partial charge in [0.05, 0.1) is 12.3 Å². The molecule has 0 aliphatic heterocycles. The van der Waals surface area contributed by atoms with Gasteiger partial charge in [0.25, 0.3) is 0 Å². The van der Waals surface area contributed by atoms with E-state index >= 15 is 0 Å². The van der Waals surface area contributed by atoms with E-state index in [9.17, 15) is 5.11 Å². The van der Waals surface area contributed by atoms with Crippen molar-refractivity contribution in [2.75, 3.05) is 5.73 Å². The Morgan fingerprint density at radius 1 is 1.69 bits per heavy atom. The highest BCUT2D eigenvalue weighted by molar-refractivity contribution is 5.40. The second-order valence-electron chi connectivity index (χ2n) is 2.63. The molecule has 1 rings (SSSR count). The Hall–Kier alpha value is -1.58. The van der Waals surface area contributed by atoms with E-state index in [0.717, 1.165) is 0 Å². The van der Waals surface area contributed by atoms with Gasteiger partial charge in [-0.25, -0.2) is 0 Å². The number of hydrogen-bond donors (Lipinski definition) is 3. The lowest BCUT2D eigenvalue weighted by atomic mass is 10.1. The third kappa shape index (κ3) is 1.61. The summed E-state index contributed by atoms with van der Waals surface area (Å²) in [5.74, 6) is 0.238. The van der Waals surface area contributed by atoms with Crippen molar-refractivity contribution in [3.05, 3.63) is 11.8 Å². The number of rotatable bonds is 2. The van der Waals surface area contributed by atoms with Gasteiger partial charge in [0.15, 0.2) is 6.10 Å². The van der Waals surface area contributed by atoms with E-state index in [1.807, 2.05) is 0 Å². The number of hydrogen-bond acceptors (Lipinski definition) is 5. The van der Waals surface area contributed by atoms with E-state index in [-0.39, 0.29) is 11.4 Å². The Morgan fingerprint density at radius 2 is 2.31 bits per heavy atom. The van der Waals surface area contributed by atoms with E-state index in [4.69, 9.17) is 16.1 Å². The van der Waals surface area contributed by atoms with Crippen molar-refractivity contribution >= 4 is 5.82 Å². The van der Waals surface area contributed by atoms with Crippen molar-refractivity contribution in [1.82, 2.24) is 9.78 Å². The molecule has 0 aromatic carbocycles. The quantitative estimate of drug-likeness (QED) is 0.504. The van der Waals surface area contributed by atoms with Crippen LogP contribution in [0.3, 0.4) is 0 Å². The van der Waals surface area contributed by atoms with Crippen LogP contribution in [-0.4, -0.2) is 26.1 Å². The molecule has 0 saturated carbocycles. The molecular formula is C7H10N4O2. The van der Waals surface area contributed by atoms with E-state index in [0.29, 0.717) is 0 Å². The zero-order valence-corrected chi connectivity index (χ0v) is 7.05. The number of anilines is 1. The second-order valence-corrected chi connectivity index (χ2v) is 2.63. The number of nitrogens with two attached hydrogens (primary N) is 1. The van der Waals surface area contributed by atoms with Crippen LogP contribution in [0, 0.1) is 11.3 Å². The largest absolute Gasteiger partial charge is 0.384 e. The molecule has 0 fully saturated rings. The average Bonchev–Trinajstić information content (AvgIpc) is 2.45. The summed E-state index contributed by atoms with van der Waals surface area (Å²) in [6.07, 6.45) is -1.47. The fourth-order valence-electron chi connectivity index (χ4n) is 0.933. The number of aliphatic hydroxyl groups excluding tert-OH is 2. The van der Waals surface area contributed by atoms with Crippen LogP contribution in [-0.2, 0) is 7.05 Å². The van der Waals surface area contributed by atoms with Crippen LogP contribution >= 0.6 is 0 Å². The topological polar surface area (TPSA) is 108 Å². The zero-order chi connectivity index (χ0) is 10.0. The number of nitrogen functional groups attached to an aromatic ring is 1. The van der Waals surface area contributed by atoms with Crippen LogP contribution < -0.4 is 5.73 Å². The standard InChI is InChI=1S/C7H10N4O2/c1-11-7(9)4(3-10-11)6(13)5(12)2-8/h3,5-6,12-13H,9H2,1H3. The lowest BCUT2D eigenvalue weighted by Crippen LogP contribution is -2.16. The summed E-state index contributed by atoms with van der Waals surface area (Å²) >= 11 is 0. The van der Waals surface area contributed by atoms with E-state index in [1.165, 1.54) is 16.9 Å². The molecule has 1 aromatic heterocycles. The number of nitrogens with zero attached hydrogens (tertiary/aromatic N) is 3. The molecule has 0 amide bonds. The predicted molar refractivity (Wildman–Crippen MR) is 44.2 cm³/mol. The molecule has 6 nitrogen and oxygen atoms in total. The highest BCUT2D eigenvalue weighted by Gasteiger charge is 2.22. The molecule has 0 bridgehead atoms. The molecule has 0 aliphatic carbocycles. The molecule has 70 valence electrons. The molecule has 0 saturated heterocycles. The summed E-state index contributed by atoms with van der Waals surface area (Å²) in [6.45, 7) is 0. The van der Waals surface area contributed by atoms with Crippen LogP contribution in [0.5, 0.6) is 0 Å². The van der Waals surface area contributed by atoms with Crippen LogP contribution in [0.2, 0.25) is 0 Å². The summed E-state index contributed by atoms with van der Waals surface area (Å²) in [5, 5.41) is 30.5. The van der Waals surface area contributed by atoms with Gasteiger partial charge in [0.1, 0.15) is 11.9 Å². The maximum absolute atomic E-state index is 9.38. The first-order chi connectivity index (χ1) is 6.07. The zero-order valence-electron chi connectivity index (χ0n) is 7.05. The normalized spacial score (nSPS) is 14.9. The Morgan fingerprint density at radius 3 is 2.69 bits per heavy atom. The number of nitriles is 1. The molecule has 0 radical (unpaired) electrons. The maximum atomic E-state index is 9.38. The monoisotopic (exact) mass is 182 g/mol. The average molecular weight is 182 g/mol. The minimum atomic E-state index is -1.48. The van der Waals surface area contributed by atoms with Crippen LogP contribution in [0.4, 0.5) is 5.82 Å². The molecule has 2 unspecified atom stereocenters. The van der Waals surface area contributed by atoms with Crippen LogP contribution in [0.1, 0.15) is 11.7 Å². The maximum Gasteiger partial charge on any atom is 0.170 e. The summed E-state index contributed by atoms with van der Waals surface area (Å²) in [5.41, 5.74) is 5.78. The van der Waals surface area contributed by atoms with Crippen molar-refractivity contribution in [3.63, 3.8) is 0 Å². The van der Waals surface area contributed by atoms with E-state index in [2.05, 4.69) is 5.10 Å². The molecular weight excluding hydrogens is 172 g/mol. The Kier molecular flexibility index (Phi) is 2.51. The van der Waals surface area contributed by atoms with Gasteiger partial charge in [-0.2, -0.15) is 10.4 Å². The van der Waals surface area contributed by atoms with Gasteiger partial charge in [0.2, 0.25) is 0 Å². The Balaban J connectivity index is 2.96. The number of aliphatic hydroxyl groups is 2. The highest BCUT2D eigenvalue weighted by atomic mass is 16.3. The van der Waals surface area contributed by atoms with E-state index in [1.54, 1.807) is 7.05 Å². The lowest BCUT2D eigenvalue weighted by molar-refractivity contribution is 0.0532. The Labute approximate surface area is 74.8 Å². The summed E-state index contributed by atoms with van der Waals surface area (Å²) < 4.78 is 1.35. The van der Waals surface area contributed by atoms with Gasteiger partial charge < -0.3 is 15.9 Å². The smallest absolute Gasteiger partial charge is 0.170 e. The number of aryl methyl sites for hydroxylation is 1. The molecule has 4 N–H and O–H groups in total. The molecule has 1 aromatic rings. The molecule has 2 atom stereocenters. The molecule has 6 heteroatoms. The molecule has 13 heavy (non-hydrogen) atoms. The highest BCUT2D eigenvalue weighted by Crippen LogP contribution is 2.21. The van der Waals surface area contributed by atoms with Gasteiger partial charge in [-0.1, -0.05) is 0 Å². The summed E-state index contributed by atoms with van der Waals surface area (Å²) in [4.78, 5) is 0. The van der Waals surface area contributed by atoms with Crippen molar-refractivity contribution < 1.29 is 10.2 Å². The van der Waals surface area contributed by atoms with E-state index < -0.39 is 12.2 Å². The van der Waals surface area contributed by atoms with Crippen molar-refractivity contribution in [2.24, 2.45) is 7.05 Å². The van der Waals surface area contributed by atoms with Crippen LogP contribution in [0.15, 0.2) is 6.20 Å². The van der Waals surface area contributed by atoms with Gasteiger partial charge in [0, 0.05) is 12.6 Å². The van der Waals surface area contributed by atoms with Gasteiger partial charge >= 0.3 is 0 Å². The first-order valence-electron chi connectivity index (χ1n) is 3.61. The first kappa shape index (κ1) is 9.51. The third-order valence-electron chi connectivity index (χ3n) is 1.76. The number of aromatic nitrogens is 2. The fraction of sp³-hybridized carbons (Fsp3) is 0.429. The molecule has 0 aliphatic rings. The van der Waals surface area contributed by atoms with Gasteiger partial charge in [-0.15, -0.1) is 0 Å².